The molecule has 1 N–H and O–H groups in total. The van der Waals surface area contributed by atoms with Crippen LogP contribution in [-0.2, 0) is 0 Å². The van der Waals surface area contributed by atoms with Crippen LogP contribution in [0.2, 0.25) is 0 Å². The number of carbonyl (C=O) groups is 1. The first-order valence-electron chi connectivity index (χ1n) is 9.59. The fourth-order valence-electron chi connectivity index (χ4n) is 3.25. The average molecular weight is 389 g/mol. The third kappa shape index (κ3) is 4.48. The van der Waals surface area contributed by atoms with E-state index < -0.39 is 0 Å². The Morgan fingerprint density at radius 3 is 2.28 bits per heavy atom. The van der Waals surface area contributed by atoms with Gasteiger partial charge in [0.25, 0.3) is 5.91 Å². The number of piperazine rings is 1. The second-order valence-electron chi connectivity index (χ2n) is 7.00. The minimum atomic E-state index is -0.239. The van der Waals surface area contributed by atoms with Crippen LogP contribution in [0.1, 0.15) is 21.9 Å². The van der Waals surface area contributed by atoms with Crippen molar-refractivity contribution < 1.29 is 4.79 Å². The number of amides is 1. The Kier molecular flexibility index (Phi) is 5.33. The lowest BCUT2D eigenvalue weighted by Crippen LogP contribution is -2.47. The summed E-state index contributed by atoms with van der Waals surface area (Å²) in [5.41, 5.74) is 2.25. The van der Waals surface area contributed by atoms with Crippen molar-refractivity contribution >= 4 is 23.4 Å². The molecule has 1 saturated heterocycles. The largest absolute Gasteiger partial charge is 0.353 e. The summed E-state index contributed by atoms with van der Waals surface area (Å²) in [6.45, 7) is 6.94. The smallest absolute Gasteiger partial charge is 0.274 e. The number of anilines is 3. The van der Waals surface area contributed by atoms with E-state index in [1.165, 1.54) is 0 Å². The molecule has 0 saturated carbocycles. The molecule has 0 spiro atoms. The normalized spacial score (nSPS) is 14.0. The Morgan fingerprint density at radius 1 is 0.931 bits per heavy atom. The molecular weight excluding hydrogens is 366 g/mol. The van der Waals surface area contributed by atoms with Gasteiger partial charge in [-0.1, -0.05) is 17.7 Å². The van der Waals surface area contributed by atoms with Crippen molar-refractivity contribution in [2.45, 2.75) is 13.8 Å². The Morgan fingerprint density at radius 2 is 1.59 bits per heavy atom. The number of benzene rings is 1. The number of hydrogen-bond donors (Lipinski definition) is 1. The molecule has 1 aliphatic rings. The predicted molar refractivity (Wildman–Crippen MR) is 112 cm³/mol. The van der Waals surface area contributed by atoms with Gasteiger partial charge in [-0.3, -0.25) is 4.79 Å². The van der Waals surface area contributed by atoms with E-state index in [-0.39, 0.29) is 5.91 Å². The van der Waals surface area contributed by atoms with Gasteiger partial charge in [0.15, 0.2) is 0 Å². The first-order valence-corrected chi connectivity index (χ1v) is 9.59. The van der Waals surface area contributed by atoms with Crippen LogP contribution in [0.15, 0.2) is 48.8 Å². The van der Waals surface area contributed by atoms with Crippen LogP contribution in [0.25, 0.3) is 0 Å². The summed E-state index contributed by atoms with van der Waals surface area (Å²) >= 11 is 0. The van der Waals surface area contributed by atoms with Gasteiger partial charge in [-0.2, -0.15) is 0 Å². The van der Waals surface area contributed by atoms with E-state index in [9.17, 15) is 4.79 Å². The molecule has 1 aromatic carbocycles. The molecule has 3 heterocycles. The topological polar surface area (TPSA) is 87.1 Å². The molecule has 8 nitrogen and oxygen atoms in total. The number of aryl methyl sites for hydroxylation is 2. The van der Waals surface area contributed by atoms with Gasteiger partial charge >= 0.3 is 0 Å². The third-order valence-electron chi connectivity index (χ3n) is 4.81. The molecule has 1 amide bonds. The van der Waals surface area contributed by atoms with Crippen LogP contribution in [0.4, 0.5) is 17.5 Å². The number of aromatic nitrogens is 4. The van der Waals surface area contributed by atoms with Crippen LogP contribution in [0.5, 0.6) is 0 Å². The van der Waals surface area contributed by atoms with Gasteiger partial charge in [-0.15, -0.1) is 0 Å². The van der Waals surface area contributed by atoms with E-state index >= 15 is 0 Å². The first kappa shape index (κ1) is 18.8. The molecular formula is C21H23N7O. The number of hydrogen-bond acceptors (Lipinski definition) is 7. The summed E-state index contributed by atoms with van der Waals surface area (Å²) in [6.07, 6.45) is 3.50. The number of nitrogens with zero attached hydrogens (tertiary/aromatic N) is 6. The average Bonchev–Trinajstić information content (AvgIpc) is 2.75. The summed E-state index contributed by atoms with van der Waals surface area (Å²) in [6, 6.07) is 11.3. The monoisotopic (exact) mass is 389 g/mol. The molecule has 29 heavy (non-hydrogen) atoms. The van der Waals surface area contributed by atoms with Gasteiger partial charge in [-0.05, 0) is 32.0 Å². The van der Waals surface area contributed by atoms with Gasteiger partial charge in [0.05, 0.1) is 0 Å². The van der Waals surface area contributed by atoms with E-state index in [2.05, 4.69) is 35.1 Å². The molecule has 0 aliphatic carbocycles. The maximum Gasteiger partial charge on any atom is 0.274 e. The predicted octanol–water partition coefficient (Wildman–Crippen LogP) is 2.46. The minimum Gasteiger partial charge on any atom is -0.353 e. The lowest BCUT2D eigenvalue weighted by atomic mass is 10.2. The fraction of sp³-hybridized carbons (Fsp3) is 0.286. The molecule has 4 rings (SSSR count). The van der Waals surface area contributed by atoms with E-state index in [1.54, 1.807) is 25.4 Å². The maximum atomic E-state index is 12.7. The molecule has 3 aromatic rings. The second kappa shape index (κ2) is 8.22. The third-order valence-corrected chi connectivity index (χ3v) is 4.81. The van der Waals surface area contributed by atoms with Crippen LogP contribution in [0.3, 0.4) is 0 Å². The highest BCUT2D eigenvalue weighted by atomic mass is 16.1. The van der Waals surface area contributed by atoms with E-state index in [0.717, 1.165) is 49.2 Å². The zero-order valence-corrected chi connectivity index (χ0v) is 16.5. The molecule has 8 heteroatoms. The van der Waals surface area contributed by atoms with Crippen molar-refractivity contribution in [3.05, 3.63) is 65.9 Å². The SMILES string of the molecule is Cc1ccc(NC(=O)c2cc(N3CCN(c4ncccn4)CC3)nc(C)n2)cc1. The number of carbonyl (C=O) groups excluding carboxylic acids is 1. The summed E-state index contributed by atoms with van der Waals surface area (Å²) in [7, 11) is 0. The Hall–Kier alpha value is -3.55. The van der Waals surface area contributed by atoms with Crippen LogP contribution in [0, 0.1) is 13.8 Å². The fourth-order valence-corrected chi connectivity index (χ4v) is 3.25. The van der Waals surface area contributed by atoms with Gasteiger partial charge in [0, 0.05) is 50.3 Å². The zero-order chi connectivity index (χ0) is 20.2. The summed E-state index contributed by atoms with van der Waals surface area (Å²) in [5, 5.41) is 2.90. The molecule has 1 fully saturated rings. The van der Waals surface area contributed by atoms with Crippen molar-refractivity contribution in [3.63, 3.8) is 0 Å². The van der Waals surface area contributed by atoms with Crippen molar-refractivity contribution in [2.24, 2.45) is 0 Å². The lowest BCUT2D eigenvalue weighted by molar-refractivity contribution is 0.102. The Balaban J connectivity index is 1.46. The summed E-state index contributed by atoms with van der Waals surface area (Å²) < 4.78 is 0. The lowest BCUT2D eigenvalue weighted by Gasteiger charge is -2.35. The van der Waals surface area contributed by atoms with Gasteiger partial charge in [0.1, 0.15) is 17.3 Å². The zero-order valence-electron chi connectivity index (χ0n) is 16.5. The minimum absolute atomic E-state index is 0.239. The Labute approximate surface area is 169 Å². The van der Waals surface area contributed by atoms with Crippen molar-refractivity contribution in [1.82, 2.24) is 19.9 Å². The summed E-state index contributed by atoms with van der Waals surface area (Å²) in [5.74, 6) is 1.84. The second-order valence-corrected chi connectivity index (χ2v) is 7.00. The molecule has 148 valence electrons. The van der Waals surface area contributed by atoms with E-state index in [0.29, 0.717) is 11.5 Å². The highest BCUT2D eigenvalue weighted by Crippen LogP contribution is 2.18. The standard InChI is InChI=1S/C21H23N7O/c1-15-4-6-17(7-5-15)26-20(29)18-14-19(25-16(2)24-18)27-10-12-28(13-11-27)21-22-8-3-9-23-21/h3-9,14H,10-13H2,1-2H3,(H,26,29). The van der Waals surface area contributed by atoms with Crippen molar-refractivity contribution in [2.75, 3.05) is 41.3 Å². The maximum absolute atomic E-state index is 12.7. The van der Waals surface area contributed by atoms with Gasteiger partial charge in [0.2, 0.25) is 5.95 Å². The number of rotatable bonds is 4. The van der Waals surface area contributed by atoms with Crippen LogP contribution < -0.4 is 15.1 Å². The van der Waals surface area contributed by atoms with Crippen LogP contribution >= 0.6 is 0 Å². The molecule has 0 atom stereocenters. The van der Waals surface area contributed by atoms with Gasteiger partial charge < -0.3 is 15.1 Å². The van der Waals surface area contributed by atoms with E-state index in [4.69, 9.17) is 0 Å². The summed E-state index contributed by atoms with van der Waals surface area (Å²) in [4.78, 5) is 34.5. The van der Waals surface area contributed by atoms with Crippen molar-refractivity contribution in [1.29, 1.82) is 0 Å². The highest BCUT2D eigenvalue weighted by Gasteiger charge is 2.21. The van der Waals surface area contributed by atoms with Crippen molar-refractivity contribution in [3.8, 4) is 0 Å². The van der Waals surface area contributed by atoms with Gasteiger partial charge in [-0.25, -0.2) is 19.9 Å². The molecule has 1 aliphatic heterocycles. The molecule has 0 unspecified atom stereocenters. The molecule has 2 aromatic heterocycles. The molecule has 0 radical (unpaired) electrons. The van der Waals surface area contributed by atoms with E-state index in [1.807, 2.05) is 37.3 Å². The molecule has 0 bridgehead atoms. The quantitative estimate of drug-likeness (QED) is 0.733. The highest BCUT2D eigenvalue weighted by molar-refractivity contribution is 6.03. The van der Waals surface area contributed by atoms with Crippen LogP contribution in [-0.4, -0.2) is 52.0 Å². The number of nitrogens with one attached hydrogen (secondary N) is 1. The Bertz CT molecular complexity index is 984. The first-order chi connectivity index (χ1) is 14.1.